The molecule has 2 aliphatic heterocycles. The molecule has 1 fully saturated rings. The highest BCUT2D eigenvalue weighted by molar-refractivity contribution is 7.98. The predicted molar refractivity (Wildman–Crippen MR) is 61.2 cm³/mol. The van der Waals surface area contributed by atoms with Gasteiger partial charge in [-0.05, 0) is 25.9 Å². The number of thioether (sulfide) groups is 1. The molecule has 3 heterocycles. The second-order valence-electron chi connectivity index (χ2n) is 4.22. The Labute approximate surface area is 92.4 Å². The van der Waals surface area contributed by atoms with Gasteiger partial charge in [0.1, 0.15) is 0 Å². The smallest absolute Gasteiger partial charge is 0.271 e. The summed E-state index contributed by atoms with van der Waals surface area (Å²) in [5, 5.41) is 6.61. The van der Waals surface area contributed by atoms with Crippen LogP contribution in [0.1, 0.15) is 30.1 Å². The van der Waals surface area contributed by atoms with Gasteiger partial charge in [-0.2, -0.15) is 11.8 Å². The van der Waals surface area contributed by atoms with Crippen molar-refractivity contribution in [1.82, 2.24) is 15.1 Å². The molecule has 5 heteroatoms. The van der Waals surface area contributed by atoms with Gasteiger partial charge in [-0.3, -0.25) is 9.89 Å². The number of aromatic amines is 1. The van der Waals surface area contributed by atoms with Crippen molar-refractivity contribution in [2.75, 3.05) is 13.1 Å². The molecule has 0 radical (unpaired) electrons. The van der Waals surface area contributed by atoms with Crippen molar-refractivity contribution in [3.8, 4) is 0 Å². The van der Waals surface area contributed by atoms with Gasteiger partial charge in [-0.1, -0.05) is 0 Å². The molecule has 1 aromatic rings. The highest BCUT2D eigenvalue weighted by atomic mass is 32.2. The zero-order valence-corrected chi connectivity index (χ0v) is 9.40. The standard InChI is InChI=1S/C10H15N3OS/c14-10-8-5-15-6-9(8)12-13(10)7-1-3-11-4-2-7/h7,11-12H,1-6H2. The zero-order valence-electron chi connectivity index (χ0n) is 8.58. The van der Waals surface area contributed by atoms with Gasteiger partial charge in [-0.25, -0.2) is 4.68 Å². The van der Waals surface area contributed by atoms with E-state index >= 15 is 0 Å². The van der Waals surface area contributed by atoms with Gasteiger partial charge in [0.2, 0.25) is 0 Å². The van der Waals surface area contributed by atoms with E-state index in [9.17, 15) is 4.79 Å². The van der Waals surface area contributed by atoms with E-state index in [1.54, 1.807) is 0 Å². The molecule has 0 unspecified atom stereocenters. The molecule has 1 saturated heterocycles. The summed E-state index contributed by atoms with van der Waals surface area (Å²) in [6.07, 6.45) is 2.12. The maximum Gasteiger partial charge on any atom is 0.271 e. The van der Waals surface area contributed by atoms with Crippen LogP contribution in [0.2, 0.25) is 0 Å². The van der Waals surface area contributed by atoms with Gasteiger partial charge >= 0.3 is 0 Å². The molecule has 15 heavy (non-hydrogen) atoms. The highest BCUT2D eigenvalue weighted by Crippen LogP contribution is 2.27. The summed E-state index contributed by atoms with van der Waals surface area (Å²) in [4.78, 5) is 12.1. The van der Waals surface area contributed by atoms with Crippen LogP contribution < -0.4 is 10.9 Å². The summed E-state index contributed by atoms with van der Waals surface area (Å²) in [6.45, 7) is 2.05. The van der Waals surface area contributed by atoms with Crippen molar-refractivity contribution < 1.29 is 0 Å². The fraction of sp³-hybridized carbons (Fsp3) is 0.700. The van der Waals surface area contributed by atoms with Gasteiger partial charge in [0.05, 0.1) is 17.3 Å². The molecule has 0 aliphatic carbocycles. The lowest BCUT2D eigenvalue weighted by Crippen LogP contribution is -2.34. The van der Waals surface area contributed by atoms with Crippen molar-refractivity contribution in [1.29, 1.82) is 0 Å². The first-order valence-corrected chi connectivity index (χ1v) is 6.62. The third-order valence-corrected chi connectivity index (χ3v) is 4.25. The van der Waals surface area contributed by atoms with E-state index in [0.29, 0.717) is 6.04 Å². The summed E-state index contributed by atoms with van der Waals surface area (Å²) in [7, 11) is 0. The number of nitrogens with zero attached hydrogens (tertiary/aromatic N) is 1. The van der Waals surface area contributed by atoms with Crippen molar-refractivity contribution in [2.45, 2.75) is 30.4 Å². The Kier molecular flexibility index (Phi) is 2.36. The monoisotopic (exact) mass is 225 g/mol. The van der Waals surface area contributed by atoms with Crippen LogP contribution in [0.4, 0.5) is 0 Å². The van der Waals surface area contributed by atoms with Gasteiger partial charge in [0.25, 0.3) is 5.56 Å². The summed E-state index contributed by atoms with van der Waals surface area (Å²) >= 11 is 1.82. The summed E-state index contributed by atoms with van der Waals surface area (Å²) < 4.78 is 1.87. The Hall–Kier alpha value is -0.680. The van der Waals surface area contributed by atoms with E-state index in [0.717, 1.165) is 48.7 Å². The topological polar surface area (TPSA) is 49.8 Å². The molecule has 2 aliphatic rings. The largest absolute Gasteiger partial charge is 0.317 e. The van der Waals surface area contributed by atoms with Crippen molar-refractivity contribution in [2.24, 2.45) is 0 Å². The molecule has 82 valence electrons. The van der Waals surface area contributed by atoms with Crippen molar-refractivity contribution in [3.63, 3.8) is 0 Å². The van der Waals surface area contributed by atoms with E-state index in [1.165, 1.54) is 0 Å². The molecular formula is C10H15N3OS. The minimum atomic E-state index is 0.224. The first-order chi connectivity index (χ1) is 7.36. The number of rotatable bonds is 1. The molecule has 2 N–H and O–H groups in total. The molecule has 0 aromatic carbocycles. The Morgan fingerprint density at radius 3 is 2.80 bits per heavy atom. The van der Waals surface area contributed by atoms with Crippen LogP contribution >= 0.6 is 11.8 Å². The number of hydrogen-bond acceptors (Lipinski definition) is 3. The normalized spacial score (nSPS) is 21.9. The number of H-pyrrole nitrogens is 1. The van der Waals surface area contributed by atoms with Crippen LogP contribution in [-0.4, -0.2) is 22.9 Å². The summed E-state index contributed by atoms with van der Waals surface area (Å²) in [5.41, 5.74) is 2.39. The van der Waals surface area contributed by atoms with Gasteiger partial charge in [-0.15, -0.1) is 0 Å². The number of aromatic nitrogens is 2. The Bertz CT molecular complexity index is 417. The quantitative estimate of drug-likeness (QED) is 0.745. The average molecular weight is 225 g/mol. The zero-order chi connectivity index (χ0) is 10.3. The predicted octanol–water partition coefficient (Wildman–Crippen LogP) is 0.848. The lowest BCUT2D eigenvalue weighted by Gasteiger charge is -2.23. The van der Waals surface area contributed by atoms with Crippen LogP contribution in [-0.2, 0) is 11.5 Å². The van der Waals surface area contributed by atoms with Crippen LogP contribution in [0.25, 0.3) is 0 Å². The number of nitrogens with one attached hydrogen (secondary N) is 2. The number of hydrogen-bond donors (Lipinski definition) is 2. The van der Waals surface area contributed by atoms with Gasteiger partial charge in [0.15, 0.2) is 0 Å². The first kappa shape index (κ1) is 9.54. The molecule has 4 nitrogen and oxygen atoms in total. The molecule has 0 saturated carbocycles. The number of fused-ring (bicyclic) bond motifs is 1. The van der Waals surface area contributed by atoms with Crippen molar-refractivity contribution >= 4 is 11.8 Å². The third kappa shape index (κ3) is 1.54. The van der Waals surface area contributed by atoms with Gasteiger partial charge < -0.3 is 5.32 Å². The minimum absolute atomic E-state index is 0.224. The van der Waals surface area contributed by atoms with Crippen LogP contribution in [0.15, 0.2) is 4.79 Å². The molecular weight excluding hydrogens is 210 g/mol. The Morgan fingerprint density at radius 1 is 1.27 bits per heavy atom. The lowest BCUT2D eigenvalue weighted by molar-refractivity contribution is 0.335. The maximum absolute atomic E-state index is 12.1. The molecule has 0 amide bonds. The average Bonchev–Trinajstić information content (AvgIpc) is 2.83. The second kappa shape index (κ2) is 3.72. The summed E-state index contributed by atoms with van der Waals surface area (Å²) in [5.74, 6) is 1.87. The van der Waals surface area contributed by atoms with Crippen LogP contribution in [0, 0.1) is 0 Å². The maximum atomic E-state index is 12.1. The third-order valence-electron chi connectivity index (χ3n) is 3.26. The molecule has 0 spiro atoms. The van der Waals surface area contributed by atoms with Crippen LogP contribution in [0.5, 0.6) is 0 Å². The first-order valence-electron chi connectivity index (χ1n) is 5.47. The Morgan fingerprint density at radius 2 is 2.07 bits per heavy atom. The summed E-state index contributed by atoms with van der Waals surface area (Å²) in [6, 6.07) is 0.384. The molecule has 3 rings (SSSR count). The van der Waals surface area contributed by atoms with E-state index in [-0.39, 0.29) is 5.56 Å². The van der Waals surface area contributed by atoms with E-state index < -0.39 is 0 Å². The molecule has 1 aromatic heterocycles. The minimum Gasteiger partial charge on any atom is -0.317 e. The second-order valence-corrected chi connectivity index (χ2v) is 5.20. The fourth-order valence-electron chi connectivity index (χ4n) is 2.38. The van der Waals surface area contributed by atoms with Crippen molar-refractivity contribution in [3.05, 3.63) is 21.6 Å². The van der Waals surface area contributed by atoms with E-state index in [4.69, 9.17) is 0 Å². The van der Waals surface area contributed by atoms with E-state index in [2.05, 4.69) is 10.4 Å². The fourth-order valence-corrected chi connectivity index (χ4v) is 3.43. The number of piperidine rings is 1. The van der Waals surface area contributed by atoms with Crippen LogP contribution in [0.3, 0.4) is 0 Å². The SMILES string of the molecule is O=c1c2c([nH]n1C1CCNCC1)CSC2. The van der Waals surface area contributed by atoms with Gasteiger partial charge in [0, 0.05) is 11.5 Å². The molecule has 0 atom stereocenters. The van der Waals surface area contributed by atoms with E-state index in [1.807, 2.05) is 16.4 Å². The molecule has 0 bridgehead atoms. The highest BCUT2D eigenvalue weighted by Gasteiger charge is 2.24. The lowest BCUT2D eigenvalue weighted by atomic mass is 10.1. The Balaban J connectivity index is 1.95.